The molecule has 3 fully saturated rings. The minimum absolute atomic E-state index is 0.120. The van der Waals surface area contributed by atoms with E-state index in [1.165, 1.54) is 0 Å². The summed E-state index contributed by atoms with van der Waals surface area (Å²) in [7, 11) is 0. The number of hydrogen-bond donors (Lipinski definition) is 0. The molecule has 26 heavy (non-hydrogen) atoms. The lowest BCUT2D eigenvalue weighted by Crippen LogP contribution is -2.66. The molecule has 7 nitrogen and oxygen atoms in total. The Hall–Kier alpha value is -1.80. The molecular weight excluding hydrogens is 340 g/mol. The van der Waals surface area contributed by atoms with E-state index in [2.05, 4.69) is 0 Å². The van der Waals surface area contributed by atoms with Gasteiger partial charge in [-0.25, -0.2) is 4.79 Å². The first-order chi connectivity index (χ1) is 12.5. The van der Waals surface area contributed by atoms with Crippen molar-refractivity contribution in [1.29, 1.82) is 0 Å². The van der Waals surface area contributed by atoms with Crippen molar-refractivity contribution in [3.63, 3.8) is 0 Å². The van der Waals surface area contributed by atoms with Gasteiger partial charge >= 0.3 is 5.97 Å². The molecule has 4 rings (SSSR count). The molecule has 3 aliphatic rings. The van der Waals surface area contributed by atoms with Crippen molar-refractivity contribution < 1.29 is 33.6 Å². The predicted octanol–water partition coefficient (Wildman–Crippen LogP) is 2.25. The second kappa shape index (κ2) is 6.74. The van der Waals surface area contributed by atoms with Crippen LogP contribution in [0.4, 0.5) is 0 Å². The maximum Gasteiger partial charge on any atom is 0.338 e. The number of benzene rings is 1. The molecule has 0 unspecified atom stereocenters. The normalized spacial score (nSPS) is 38.2. The molecule has 3 aliphatic heterocycles. The highest BCUT2D eigenvalue weighted by molar-refractivity contribution is 5.89. The zero-order valence-corrected chi connectivity index (χ0v) is 14.8. The summed E-state index contributed by atoms with van der Waals surface area (Å²) in [6.45, 7) is 3.87. The quantitative estimate of drug-likeness (QED) is 0.451. The lowest BCUT2D eigenvalue weighted by atomic mass is 9.72. The predicted molar refractivity (Wildman–Crippen MR) is 87.7 cm³/mol. The van der Waals surface area contributed by atoms with Crippen LogP contribution < -0.4 is 0 Å². The summed E-state index contributed by atoms with van der Waals surface area (Å²) in [6, 6.07) is 8.82. The lowest BCUT2D eigenvalue weighted by Gasteiger charge is -2.51. The van der Waals surface area contributed by atoms with E-state index in [1.54, 1.807) is 24.3 Å². The summed E-state index contributed by atoms with van der Waals surface area (Å²) in [5.41, 5.74) is -0.408. The fourth-order valence-corrected chi connectivity index (χ4v) is 3.97. The Bertz CT molecular complexity index is 690. The van der Waals surface area contributed by atoms with Crippen LogP contribution in [0.2, 0.25) is 0 Å². The average Bonchev–Trinajstić information content (AvgIpc) is 3.11. The molecule has 6 atom stereocenters. The number of ether oxygens (including phenoxy) is 3. The molecule has 0 saturated carbocycles. The number of hydrogen-bond acceptors (Lipinski definition) is 7. The molecule has 0 spiro atoms. The Balaban J connectivity index is 1.40. The number of carbonyl (C=O) groups excluding carboxylic acids is 2. The van der Waals surface area contributed by atoms with Gasteiger partial charge in [0, 0.05) is 11.8 Å². The van der Waals surface area contributed by atoms with Crippen molar-refractivity contribution in [3.8, 4) is 0 Å². The molecule has 1 aromatic rings. The number of carbonyl (C=O) groups is 2. The zero-order valence-electron chi connectivity index (χ0n) is 14.8. The third-order valence-corrected chi connectivity index (χ3v) is 5.57. The molecular formula is C19H22O7. The molecule has 7 heteroatoms. The van der Waals surface area contributed by atoms with E-state index in [9.17, 15) is 9.59 Å². The number of rotatable bonds is 5. The lowest BCUT2D eigenvalue weighted by molar-refractivity contribution is -0.319. The Morgan fingerprint density at radius 3 is 2.73 bits per heavy atom. The molecule has 4 bridgehead atoms. The van der Waals surface area contributed by atoms with E-state index in [1.807, 2.05) is 19.9 Å². The molecule has 0 amide bonds. The molecule has 0 N–H and O–H groups in total. The smallest absolute Gasteiger partial charge is 0.338 e. The van der Waals surface area contributed by atoms with Crippen LogP contribution in [0.25, 0.3) is 0 Å². The molecule has 140 valence electrons. The molecule has 0 radical (unpaired) electrons. The molecule has 0 aliphatic carbocycles. The Morgan fingerprint density at radius 1 is 1.19 bits per heavy atom. The summed E-state index contributed by atoms with van der Waals surface area (Å²) >= 11 is 0. The summed E-state index contributed by atoms with van der Waals surface area (Å²) < 4.78 is 17.3. The summed E-state index contributed by atoms with van der Waals surface area (Å²) in [4.78, 5) is 35.2. The van der Waals surface area contributed by atoms with E-state index in [-0.39, 0.29) is 24.3 Å². The van der Waals surface area contributed by atoms with Crippen LogP contribution in [-0.2, 0) is 28.8 Å². The topological polar surface area (TPSA) is 80.3 Å². The van der Waals surface area contributed by atoms with Gasteiger partial charge in [-0.05, 0) is 25.0 Å². The van der Waals surface area contributed by atoms with Gasteiger partial charge in [0.15, 0.2) is 0 Å². The van der Waals surface area contributed by atoms with Crippen LogP contribution in [0, 0.1) is 11.8 Å². The van der Waals surface area contributed by atoms with E-state index in [4.69, 9.17) is 24.0 Å². The van der Waals surface area contributed by atoms with Crippen molar-refractivity contribution in [3.05, 3.63) is 35.9 Å². The second-order valence-electron chi connectivity index (χ2n) is 7.08. The SMILES string of the molecule is C[C@@H]1C(=O)[C@H](C)[C@@]2(CCCOC(=O)c3ccccc3)O[C@@H]1[C@H]1OO[C@@H]2O1. The van der Waals surface area contributed by atoms with Crippen molar-refractivity contribution in [2.45, 2.75) is 51.0 Å². The Kier molecular flexibility index (Phi) is 4.56. The van der Waals surface area contributed by atoms with Gasteiger partial charge in [0.2, 0.25) is 12.6 Å². The molecule has 0 aromatic heterocycles. The van der Waals surface area contributed by atoms with Crippen molar-refractivity contribution in [1.82, 2.24) is 0 Å². The third kappa shape index (κ3) is 2.75. The highest BCUT2D eigenvalue weighted by atomic mass is 17.3. The van der Waals surface area contributed by atoms with Crippen LogP contribution >= 0.6 is 0 Å². The van der Waals surface area contributed by atoms with Gasteiger partial charge in [-0.2, -0.15) is 9.78 Å². The van der Waals surface area contributed by atoms with Crippen LogP contribution in [0.1, 0.15) is 37.0 Å². The fraction of sp³-hybridized carbons (Fsp3) is 0.579. The highest BCUT2D eigenvalue weighted by Gasteiger charge is 2.65. The standard InChI is InChI=1S/C19H22O7/c1-11-14(20)12(2)19(18-23-17(25-26-18)15(11)24-19)9-6-10-22-16(21)13-7-4-3-5-8-13/h3-5,7-8,11-12,15,17-18H,6,9-10H2,1-2H3/t11-,12+,15+,17-,18+,19-/m1/s1. The van der Waals surface area contributed by atoms with Gasteiger partial charge in [-0.3, -0.25) is 4.79 Å². The van der Waals surface area contributed by atoms with Gasteiger partial charge in [-0.1, -0.05) is 32.0 Å². The van der Waals surface area contributed by atoms with Crippen molar-refractivity contribution in [2.24, 2.45) is 11.8 Å². The zero-order chi connectivity index (χ0) is 18.3. The number of Topliss-reactive ketones (excluding diaryl/α,β-unsaturated/α-hetero) is 1. The van der Waals surface area contributed by atoms with E-state index in [0.717, 1.165) is 0 Å². The van der Waals surface area contributed by atoms with Gasteiger partial charge < -0.3 is 14.2 Å². The van der Waals surface area contributed by atoms with Crippen LogP contribution in [0.15, 0.2) is 30.3 Å². The first kappa shape index (κ1) is 17.6. The third-order valence-electron chi connectivity index (χ3n) is 5.57. The second-order valence-corrected chi connectivity index (χ2v) is 7.08. The van der Waals surface area contributed by atoms with Crippen LogP contribution in [0.3, 0.4) is 0 Å². The number of fused-ring (bicyclic) bond motifs is 6. The van der Waals surface area contributed by atoms with E-state index in [0.29, 0.717) is 18.4 Å². The minimum Gasteiger partial charge on any atom is -0.462 e. The van der Waals surface area contributed by atoms with Gasteiger partial charge in [0.05, 0.1) is 12.2 Å². The van der Waals surface area contributed by atoms with Crippen LogP contribution in [0.5, 0.6) is 0 Å². The summed E-state index contributed by atoms with van der Waals surface area (Å²) in [5, 5.41) is 0. The van der Waals surface area contributed by atoms with E-state index >= 15 is 0 Å². The van der Waals surface area contributed by atoms with Crippen molar-refractivity contribution in [2.75, 3.05) is 6.61 Å². The number of esters is 1. The van der Waals surface area contributed by atoms with Gasteiger partial charge in [0.25, 0.3) is 0 Å². The largest absolute Gasteiger partial charge is 0.462 e. The maximum atomic E-state index is 12.7. The molecule has 3 heterocycles. The monoisotopic (exact) mass is 362 g/mol. The maximum absolute atomic E-state index is 12.7. The number of ketones is 1. The molecule has 1 aromatic carbocycles. The van der Waals surface area contributed by atoms with Crippen LogP contribution in [-0.4, -0.2) is 42.6 Å². The highest BCUT2D eigenvalue weighted by Crippen LogP contribution is 2.49. The Morgan fingerprint density at radius 2 is 1.96 bits per heavy atom. The van der Waals surface area contributed by atoms with E-state index < -0.39 is 30.2 Å². The summed E-state index contributed by atoms with van der Waals surface area (Å²) in [5.74, 6) is -0.966. The molecule has 3 saturated heterocycles. The Labute approximate surface area is 151 Å². The minimum atomic E-state index is -0.916. The fourth-order valence-electron chi connectivity index (χ4n) is 3.97. The average molecular weight is 362 g/mol. The first-order valence-corrected chi connectivity index (χ1v) is 8.94. The van der Waals surface area contributed by atoms with Gasteiger partial charge in [0.1, 0.15) is 17.5 Å². The van der Waals surface area contributed by atoms with Gasteiger partial charge in [-0.15, -0.1) is 0 Å². The first-order valence-electron chi connectivity index (χ1n) is 8.94. The summed E-state index contributed by atoms with van der Waals surface area (Å²) in [6.07, 6.45) is -0.920. The van der Waals surface area contributed by atoms with Crippen molar-refractivity contribution >= 4 is 11.8 Å².